The van der Waals surface area contributed by atoms with Gasteiger partial charge in [-0.05, 0) is 43.2 Å². The van der Waals surface area contributed by atoms with Gasteiger partial charge in [-0.3, -0.25) is 4.98 Å². The smallest absolute Gasteiger partial charge is 0.137 e. The number of rotatable bonds is 5. The predicted molar refractivity (Wildman–Crippen MR) is 73.5 cm³/mol. The maximum atomic E-state index is 6.39. The van der Waals surface area contributed by atoms with Crippen molar-refractivity contribution >= 4 is 0 Å². The van der Waals surface area contributed by atoms with Gasteiger partial charge in [0, 0.05) is 12.2 Å². The van der Waals surface area contributed by atoms with E-state index in [1.54, 1.807) is 6.20 Å². The third-order valence-electron chi connectivity index (χ3n) is 4.10. The van der Waals surface area contributed by atoms with Crippen molar-refractivity contribution in [3.05, 3.63) is 24.0 Å². The van der Waals surface area contributed by atoms with Crippen LogP contribution in [0.4, 0.5) is 0 Å². The van der Waals surface area contributed by atoms with Gasteiger partial charge in [-0.2, -0.15) is 0 Å². The van der Waals surface area contributed by atoms with Gasteiger partial charge in [-0.1, -0.05) is 19.8 Å². The molecule has 1 aromatic rings. The van der Waals surface area contributed by atoms with Crippen molar-refractivity contribution in [3.63, 3.8) is 0 Å². The van der Waals surface area contributed by atoms with Gasteiger partial charge in [0.25, 0.3) is 0 Å². The van der Waals surface area contributed by atoms with Gasteiger partial charge < -0.3 is 10.5 Å². The van der Waals surface area contributed by atoms with E-state index < -0.39 is 0 Å². The summed E-state index contributed by atoms with van der Waals surface area (Å²) in [4.78, 5) is 4.23. The molecule has 0 aliphatic heterocycles. The van der Waals surface area contributed by atoms with E-state index >= 15 is 0 Å². The first-order valence-corrected chi connectivity index (χ1v) is 7.07. The Morgan fingerprint density at radius 3 is 2.89 bits per heavy atom. The van der Waals surface area contributed by atoms with Crippen LogP contribution in [0.2, 0.25) is 0 Å². The van der Waals surface area contributed by atoms with Crippen LogP contribution in [0.3, 0.4) is 0 Å². The van der Waals surface area contributed by atoms with Gasteiger partial charge in [0.05, 0.1) is 12.8 Å². The number of aromatic nitrogens is 1. The second-order valence-corrected chi connectivity index (χ2v) is 5.26. The van der Waals surface area contributed by atoms with Crippen LogP contribution in [-0.2, 0) is 0 Å². The molecule has 3 nitrogen and oxygen atoms in total. The summed E-state index contributed by atoms with van der Waals surface area (Å²) in [6.45, 7) is 4.92. The molecule has 0 bridgehead atoms. The average Bonchev–Trinajstić information content (AvgIpc) is 2.87. The topological polar surface area (TPSA) is 48.1 Å². The number of ether oxygens (including phenoxy) is 1. The van der Waals surface area contributed by atoms with Crippen LogP contribution in [0.15, 0.2) is 18.5 Å². The Morgan fingerprint density at radius 2 is 2.22 bits per heavy atom. The molecule has 0 saturated heterocycles. The van der Waals surface area contributed by atoms with Gasteiger partial charge >= 0.3 is 0 Å². The van der Waals surface area contributed by atoms with Gasteiger partial charge in [0.2, 0.25) is 0 Å². The molecule has 0 radical (unpaired) electrons. The van der Waals surface area contributed by atoms with Crippen molar-refractivity contribution in [3.8, 4) is 5.75 Å². The highest BCUT2D eigenvalue weighted by Gasteiger charge is 2.29. The molecule has 3 unspecified atom stereocenters. The lowest BCUT2D eigenvalue weighted by Crippen LogP contribution is -2.19. The molecular formula is C15H24N2O. The van der Waals surface area contributed by atoms with Crippen molar-refractivity contribution < 1.29 is 4.74 Å². The molecule has 1 saturated carbocycles. The van der Waals surface area contributed by atoms with Gasteiger partial charge in [-0.25, -0.2) is 0 Å². The normalized spacial score (nSPS) is 25.1. The van der Waals surface area contributed by atoms with Crippen LogP contribution in [0.25, 0.3) is 0 Å². The number of nitrogens with two attached hydrogens (primary N) is 1. The molecule has 1 aromatic heterocycles. The molecule has 1 fully saturated rings. The Bertz CT molecular complexity index is 381. The summed E-state index contributed by atoms with van der Waals surface area (Å²) in [5.41, 5.74) is 7.50. The molecule has 1 aliphatic carbocycles. The summed E-state index contributed by atoms with van der Waals surface area (Å²) < 4.78 is 5.48. The monoisotopic (exact) mass is 248 g/mol. The Kier molecular flexibility index (Phi) is 4.59. The van der Waals surface area contributed by atoms with Gasteiger partial charge in [-0.15, -0.1) is 0 Å². The molecule has 18 heavy (non-hydrogen) atoms. The molecule has 100 valence electrons. The lowest BCUT2D eigenvalue weighted by Gasteiger charge is -2.20. The van der Waals surface area contributed by atoms with E-state index in [0.29, 0.717) is 12.5 Å². The maximum absolute atomic E-state index is 6.39. The molecule has 1 aliphatic rings. The summed E-state index contributed by atoms with van der Waals surface area (Å²) in [5, 5.41) is 0. The molecule has 0 spiro atoms. The molecule has 0 aromatic carbocycles. The van der Waals surface area contributed by atoms with Crippen LogP contribution < -0.4 is 10.5 Å². The van der Waals surface area contributed by atoms with Crippen molar-refractivity contribution in [1.82, 2.24) is 4.98 Å². The highest BCUT2D eigenvalue weighted by Crippen LogP contribution is 2.39. The number of pyridine rings is 1. The summed E-state index contributed by atoms with van der Waals surface area (Å²) in [6.07, 6.45) is 8.75. The van der Waals surface area contributed by atoms with E-state index in [1.165, 1.54) is 25.7 Å². The van der Waals surface area contributed by atoms with Crippen molar-refractivity contribution in [1.29, 1.82) is 0 Å². The third kappa shape index (κ3) is 3.02. The zero-order chi connectivity index (χ0) is 13.0. The minimum Gasteiger partial charge on any atom is -0.492 e. The molecule has 2 N–H and O–H groups in total. The standard InChI is InChI=1S/C15H24N2O/c1-3-11-5-6-12(7-11)15(16)13-8-14(18-4-2)10-17-9-13/h8-12,15H,3-7,16H2,1-2H3. The van der Waals surface area contributed by atoms with E-state index in [1.807, 2.05) is 19.2 Å². The van der Waals surface area contributed by atoms with E-state index in [-0.39, 0.29) is 6.04 Å². The molecule has 1 heterocycles. The highest BCUT2D eigenvalue weighted by molar-refractivity contribution is 5.26. The van der Waals surface area contributed by atoms with Crippen LogP contribution in [-0.4, -0.2) is 11.6 Å². The fourth-order valence-corrected chi connectivity index (χ4v) is 2.95. The predicted octanol–water partition coefficient (Wildman–Crippen LogP) is 3.31. The first kappa shape index (κ1) is 13.3. The summed E-state index contributed by atoms with van der Waals surface area (Å²) in [7, 11) is 0. The second-order valence-electron chi connectivity index (χ2n) is 5.26. The first-order chi connectivity index (χ1) is 8.74. The Morgan fingerprint density at radius 1 is 1.39 bits per heavy atom. The summed E-state index contributed by atoms with van der Waals surface area (Å²) in [5.74, 6) is 2.30. The van der Waals surface area contributed by atoms with E-state index in [0.717, 1.165) is 17.2 Å². The highest BCUT2D eigenvalue weighted by atomic mass is 16.5. The quantitative estimate of drug-likeness (QED) is 0.869. The second kappa shape index (κ2) is 6.19. The minimum atomic E-state index is 0.106. The van der Waals surface area contributed by atoms with Crippen LogP contribution in [0.1, 0.15) is 51.1 Å². The number of nitrogens with zero attached hydrogens (tertiary/aromatic N) is 1. The molecule has 3 atom stereocenters. The first-order valence-electron chi connectivity index (χ1n) is 7.07. The van der Waals surface area contributed by atoms with Crippen LogP contribution in [0.5, 0.6) is 5.75 Å². The van der Waals surface area contributed by atoms with Crippen LogP contribution in [0, 0.1) is 11.8 Å². The van der Waals surface area contributed by atoms with Gasteiger partial charge in [0.1, 0.15) is 5.75 Å². The van der Waals surface area contributed by atoms with E-state index in [2.05, 4.69) is 11.9 Å². The molecular weight excluding hydrogens is 224 g/mol. The van der Waals surface area contributed by atoms with Crippen molar-refractivity contribution in [2.45, 2.75) is 45.6 Å². The minimum absolute atomic E-state index is 0.106. The number of hydrogen-bond donors (Lipinski definition) is 1. The Labute approximate surface area is 110 Å². The fourth-order valence-electron chi connectivity index (χ4n) is 2.95. The summed E-state index contributed by atoms with van der Waals surface area (Å²) in [6, 6.07) is 2.15. The Balaban J connectivity index is 2.04. The fraction of sp³-hybridized carbons (Fsp3) is 0.667. The van der Waals surface area contributed by atoms with Crippen molar-refractivity contribution in [2.75, 3.05) is 6.61 Å². The molecule has 3 heteroatoms. The zero-order valence-corrected chi connectivity index (χ0v) is 11.4. The maximum Gasteiger partial charge on any atom is 0.137 e. The lowest BCUT2D eigenvalue weighted by atomic mass is 9.92. The lowest BCUT2D eigenvalue weighted by molar-refractivity contribution is 0.337. The SMILES string of the molecule is CCOc1cncc(C(N)C2CCC(CC)C2)c1. The molecule has 2 rings (SSSR count). The van der Waals surface area contributed by atoms with Crippen molar-refractivity contribution in [2.24, 2.45) is 17.6 Å². The third-order valence-corrected chi connectivity index (χ3v) is 4.10. The number of hydrogen-bond acceptors (Lipinski definition) is 3. The summed E-state index contributed by atoms with van der Waals surface area (Å²) >= 11 is 0. The molecule has 0 amide bonds. The van der Waals surface area contributed by atoms with E-state index in [9.17, 15) is 0 Å². The average molecular weight is 248 g/mol. The Hall–Kier alpha value is -1.09. The largest absolute Gasteiger partial charge is 0.492 e. The van der Waals surface area contributed by atoms with Gasteiger partial charge in [0.15, 0.2) is 0 Å². The van der Waals surface area contributed by atoms with Crippen LogP contribution >= 0.6 is 0 Å². The zero-order valence-electron chi connectivity index (χ0n) is 11.4. The van der Waals surface area contributed by atoms with E-state index in [4.69, 9.17) is 10.5 Å².